The Hall–Kier alpha value is -1.33. The van der Waals surface area contributed by atoms with Gasteiger partial charge in [-0.1, -0.05) is 12.1 Å². The molecule has 0 aliphatic heterocycles. The van der Waals surface area contributed by atoms with Gasteiger partial charge < -0.3 is 62.6 Å². The minimum absolute atomic E-state index is 0.438. The number of alkyl halides is 1. The molecule has 0 aromatic heterocycles. The Morgan fingerprint density at radius 1 is 0.364 bits per heavy atom. The number of nitrogen functional groups attached to an aromatic ring is 1. The Balaban J connectivity index is 1.63. The Bertz CT molecular complexity index is 710. The van der Waals surface area contributed by atoms with Crippen LogP contribution in [0.15, 0.2) is 24.3 Å². The molecule has 0 unspecified atom stereocenters. The molecule has 0 aliphatic rings. The van der Waals surface area contributed by atoms with Gasteiger partial charge in [0.2, 0.25) is 0 Å². The molecule has 0 saturated heterocycles. The molecule has 1 aromatic rings. The van der Waals surface area contributed by atoms with Crippen molar-refractivity contribution >= 4 is 17.3 Å². The first-order valence-corrected chi connectivity index (χ1v) is 15.8. The van der Waals surface area contributed by atoms with Crippen molar-refractivity contribution in [3.63, 3.8) is 0 Å². The first-order valence-electron chi connectivity index (χ1n) is 15.2. The smallest absolute Gasteiger partial charge is 0.142 e. The second-order valence-corrected chi connectivity index (χ2v) is 9.19. The van der Waals surface area contributed by atoms with Gasteiger partial charge in [0, 0.05) is 5.88 Å². The molecule has 0 atom stereocenters. The number of hydrogen-bond donors (Lipinski definition) is 1. The SMILES string of the molecule is Nc1ccccc1OCCOCCOCCOCCOCCOCCOCCOCCOCCOCCOCCOCCCl. The number of halogens is 1. The highest BCUT2D eigenvalue weighted by atomic mass is 35.5. The van der Waals surface area contributed by atoms with Gasteiger partial charge in [-0.15, -0.1) is 11.6 Å². The van der Waals surface area contributed by atoms with E-state index in [-0.39, 0.29) is 0 Å². The van der Waals surface area contributed by atoms with Crippen LogP contribution < -0.4 is 10.5 Å². The molecule has 0 heterocycles. The number of anilines is 1. The maximum absolute atomic E-state index is 5.81. The second-order valence-electron chi connectivity index (χ2n) is 8.81. The van der Waals surface area contributed by atoms with Crippen LogP contribution in [0.5, 0.6) is 5.75 Å². The summed E-state index contributed by atoms with van der Waals surface area (Å²) in [6.07, 6.45) is 0. The lowest BCUT2D eigenvalue weighted by atomic mass is 10.3. The van der Waals surface area contributed by atoms with Crippen LogP contribution in [0.1, 0.15) is 0 Å². The lowest BCUT2D eigenvalue weighted by Crippen LogP contribution is -2.15. The largest absolute Gasteiger partial charge is 0.489 e. The summed E-state index contributed by atoms with van der Waals surface area (Å²) in [6.45, 7) is 11.7. The zero-order valence-electron chi connectivity index (χ0n) is 26.1. The van der Waals surface area contributed by atoms with E-state index in [1.165, 1.54) is 0 Å². The van der Waals surface area contributed by atoms with E-state index in [1.807, 2.05) is 18.2 Å². The highest BCUT2D eigenvalue weighted by Gasteiger charge is 1.99. The zero-order valence-corrected chi connectivity index (χ0v) is 26.9. The molecule has 0 aliphatic carbocycles. The van der Waals surface area contributed by atoms with Gasteiger partial charge in [0.15, 0.2) is 0 Å². The van der Waals surface area contributed by atoms with Gasteiger partial charge in [-0.25, -0.2) is 0 Å². The van der Waals surface area contributed by atoms with Crippen molar-refractivity contribution in [2.24, 2.45) is 0 Å². The number of hydrogen-bond acceptors (Lipinski definition) is 13. The monoisotopic (exact) mass is 655 g/mol. The van der Waals surface area contributed by atoms with Crippen LogP contribution in [0.2, 0.25) is 0 Å². The molecule has 2 N–H and O–H groups in total. The highest BCUT2D eigenvalue weighted by Crippen LogP contribution is 2.19. The van der Waals surface area contributed by atoms with Crippen LogP contribution in [0.25, 0.3) is 0 Å². The maximum atomic E-state index is 5.81. The maximum Gasteiger partial charge on any atom is 0.142 e. The van der Waals surface area contributed by atoms with Crippen molar-refractivity contribution in [2.75, 3.05) is 164 Å². The molecular weight excluding hydrogens is 602 g/mol. The second kappa shape index (κ2) is 34.5. The fourth-order valence-corrected chi connectivity index (χ4v) is 3.29. The predicted octanol–water partition coefficient (Wildman–Crippen LogP) is 2.07. The lowest BCUT2D eigenvalue weighted by molar-refractivity contribution is -0.0276. The molecule has 0 fully saturated rings. The third-order valence-electron chi connectivity index (χ3n) is 5.35. The molecule has 13 nitrogen and oxygen atoms in total. The van der Waals surface area contributed by atoms with Crippen molar-refractivity contribution in [3.8, 4) is 5.75 Å². The molecule has 0 saturated carbocycles. The van der Waals surface area contributed by atoms with Crippen molar-refractivity contribution in [3.05, 3.63) is 24.3 Å². The van der Waals surface area contributed by atoms with Crippen LogP contribution in [0, 0.1) is 0 Å². The van der Waals surface area contributed by atoms with Crippen molar-refractivity contribution < 1.29 is 56.8 Å². The minimum atomic E-state index is 0.438. The van der Waals surface area contributed by atoms with E-state index in [0.717, 1.165) is 0 Å². The summed E-state index contributed by atoms with van der Waals surface area (Å²) < 4.78 is 65.3. The van der Waals surface area contributed by atoms with Crippen LogP contribution in [-0.4, -0.2) is 158 Å². The molecule has 14 heteroatoms. The normalized spacial score (nSPS) is 11.4. The van der Waals surface area contributed by atoms with E-state index in [0.29, 0.717) is 169 Å². The minimum Gasteiger partial charge on any atom is -0.489 e. The van der Waals surface area contributed by atoms with Crippen molar-refractivity contribution in [1.29, 1.82) is 0 Å². The van der Waals surface area contributed by atoms with E-state index in [4.69, 9.17) is 74.2 Å². The van der Waals surface area contributed by atoms with Gasteiger partial charge in [0.25, 0.3) is 0 Å². The summed E-state index contributed by atoms with van der Waals surface area (Å²) in [6, 6.07) is 7.38. The average Bonchev–Trinajstić information content (AvgIpc) is 3.03. The van der Waals surface area contributed by atoms with Gasteiger partial charge in [-0.3, -0.25) is 0 Å². The van der Waals surface area contributed by atoms with E-state index in [1.54, 1.807) is 6.07 Å². The Morgan fingerprint density at radius 3 is 0.886 bits per heavy atom. The first-order chi connectivity index (χ1) is 21.8. The topological polar surface area (TPSA) is 137 Å². The summed E-state index contributed by atoms with van der Waals surface area (Å²) >= 11 is 5.51. The molecule has 0 radical (unpaired) electrons. The Kier molecular flexibility index (Phi) is 31.9. The van der Waals surface area contributed by atoms with Gasteiger partial charge >= 0.3 is 0 Å². The summed E-state index contributed by atoms with van der Waals surface area (Å²) in [5, 5.41) is 0. The van der Waals surface area contributed by atoms with E-state index in [2.05, 4.69) is 0 Å². The fraction of sp³-hybridized carbons (Fsp3) is 0.800. The molecule has 258 valence electrons. The van der Waals surface area contributed by atoms with E-state index >= 15 is 0 Å². The number of ether oxygens (including phenoxy) is 12. The quantitative estimate of drug-likeness (QED) is 0.0642. The number of para-hydroxylation sites is 2. The van der Waals surface area contributed by atoms with Crippen LogP contribution in [0.4, 0.5) is 5.69 Å². The average molecular weight is 656 g/mol. The Morgan fingerprint density at radius 2 is 0.614 bits per heavy atom. The highest BCUT2D eigenvalue weighted by molar-refractivity contribution is 6.17. The van der Waals surface area contributed by atoms with E-state index in [9.17, 15) is 0 Å². The third kappa shape index (κ3) is 29.4. The molecule has 0 bridgehead atoms. The van der Waals surface area contributed by atoms with Gasteiger partial charge in [0.1, 0.15) is 12.4 Å². The summed E-state index contributed by atoms with van der Waals surface area (Å²) in [5.74, 6) is 1.16. The molecule has 44 heavy (non-hydrogen) atoms. The molecule has 1 aromatic carbocycles. The zero-order chi connectivity index (χ0) is 31.4. The molecule has 0 spiro atoms. The van der Waals surface area contributed by atoms with Crippen LogP contribution >= 0.6 is 11.6 Å². The summed E-state index contributed by atoms with van der Waals surface area (Å²) in [4.78, 5) is 0. The van der Waals surface area contributed by atoms with Crippen LogP contribution in [-0.2, 0) is 52.1 Å². The molecule has 0 amide bonds. The lowest BCUT2D eigenvalue weighted by Gasteiger charge is -2.09. The molecule has 1 rings (SSSR count). The summed E-state index contributed by atoms with van der Waals surface area (Å²) in [5.41, 5.74) is 6.43. The number of benzene rings is 1. The summed E-state index contributed by atoms with van der Waals surface area (Å²) in [7, 11) is 0. The van der Waals surface area contributed by atoms with E-state index < -0.39 is 0 Å². The number of rotatable bonds is 36. The van der Waals surface area contributed by atoms with Crippen molar-refractivity contribution in [1.82, 2.24) is 0 Å². The van der Waals surface area contributed by atoms with Crippen LogP contribution in [0.3, 0.4) is 0 Å². The first kappa shape index (κ1) is 40.7. The number of nitrogens with two attached hydrogens (primary N) is 1. The van der Waals surface area contributed by atoms with Gasteiger partial charge in [-0.2, -0.15) is 0 Å². The third-order valence-corrected chi connectivity index (χ3v) is 5.50. The van der Waals surface area contributed by atoms with Crippen molar-refractivity contribution in [2.45, 2.75) is 0 Å². The predicted molar refractivity (Wildman–Crippen MR) is 166 cm³/mol. The van der Waals surface area contributed by atoms with Gasteiger partial charge in [-0.05, 0) is 12.1 Å². The Labute approximate surface area is 267 Å². The fourth-order valence-electron chi connectivity index (χ4n) is 3.18. The molecular formula is C30H54ClNO12. The standard InChI is InChI=1S/C30H54ClNO12/c31-5-6-33-7-8-34-9-10-35-11-12-36-13-14-37-15-16-38-17-18-39-19-20-40-21-22-41-23-24-42-25-26-43-27-28-44-30-4-2-1-3-29(30)32/h1-4H,5-28,32H2. The van der Waals surface area contributed by atoms with Gasteiger partial charge in [0.05, 0.1) is 151 Å².